The summed E-state index contributed by atoms with van der Waals surface area (Å²) in [7, 11) is 0. The van der Waals surface area contributed by atoms with Crippen molar-refractivity contribution in [3.8, 4) is 0 Å². The van der Waals surface area contributed by atoms with E-state index in [9.17, 15) is 9.59 Å². The Morgan fingerprint density at radius 3 is 2.78 bits per heavy atom. The monoisotopic (exact) mass is 253 g/mol. The van der Waals surface area contributed by atoms with Gasteiger partial charge >= 0.3 is 0 Å². The second-order valence-corrected chi connectivity index (χ2v) is 5.70. The van der Waals surface area contributed by atoms with Gasteiger partial charge in [-0.3, -0.25) is 9.59 Å². The molecular weight excluding hydrogens is 230 g/mol. The van der Waals surface area contributed by atoms with E-state index in [0.717, 1.165) is 25.7 Å². The van der Waals surface area contributed by atoms with Gasteiger partial charge in [-0.1, -0.05) is 6.92 Å². The highest BCUT2D eigenvalue weighted by Crippen LogP contribution is 2.27. The van der Waals surface area contributed by atoms with Gasteiger partial charge in [0.05, 0.1) is 0 Å². The zero-order chi connectivity index (χ0) is 13.1. The molecule has 4 unspecified atom stereocenters. The third kappa shape index (κ3) is 3.22. The van der Waals surface area contributed by atoms with E-state index in [1.807, 2.05) is 0 Å². The molecule has 102 valence electrons. The molecule has 0 aromatic rings. The Balaban J connectivity index is 1.79. The third-order valence-corrected chi connectivity index (χ3v) is 4.24. The van der Waals surface area contributed by atoms with Gasteiger partial charge in [-0.25, -0.2) is 0 Å². The molecule has 1 aliphatic heterocycles. The summed E-state index contributed by atoms with van der Waals surface area (Å²) in [6.07, 6.45) is 3.99. The Kier molecular flexibility index (Phi) is 4.22. The molecule has 1 heterocycles. The molecule has 1 aliphatic carbocycles. The summed E-state index contributed by atoms with van der Waals surface area (Å²) >= 11 is 0. The van der Waals surface area contributed by atoms with Crippen molar-refractivity contribution in [2.24, 2.45) is 17.6 Å². The lowest BCUT2D eigenvalue weighted by molar-refractivity contribution is -0.129. The topological polar surface area (TPSA) is 84.2 Å². The molecule has 0 spiro atoms. The highest BCUT2D eigenvalue weighted by Gasteiger charge is 2.31. The van der Waals surface area contributed by atoms with Crippen molar-refractivity contribution in [3.05, 3.63) is 0 Å². The quantitative estimate of drug-likeness (QED) is 0.654. The zero-order valence-electron chi connectivity index (χ0n) is 10.9. The molecule has 2 rings (SSSR count). The SMILES string of the molecule is CC1CCC(C(=O)NC2CCC(=O)NC2)CC1N. The number of piperidine rings is 1. The number of hydrogen-bond donors (Lipinski definition) is 3. The summed E-state index contributed by atoms with van der Waals surface area (Å²) in [4.78, 5) is 23.2. The van der Waals surface area contributed by atoms with Crippen LogP contribution in [0.5, 0.6) is 0 Å². The molecule has 4 N–H and O–H groups in total. The predicted octanol–water partition coefficient (Wildman–Crippen LogP) is 0.145. The molecule has 4 atom stereocenters. The highest BCUT2D eigenvalue weighted by molar-refractivity contribution is 5.80. The minimum Gasteiger partial charge on any atom is -0.354 e. The summed E-state index contributed by atoms with van der Waals surface area (Å²) in [5.41, 5.74) is 6.02. The fraction of sp³-hybridized carbons (Fsp3) is 0.846. The smallest absolute Gasteiger partial charge is 0.223 e. The van der Waals surface area contributed by atoms with Crippen LogP contribution < -0.4 is 16.4 Å². The van der Waals surface area contributed by atoms with Crippen molar-refractivity contribution in [2.75, 3.05) is 6.54 Å². The van der Waals surface area contributed by atoms with E-state index in [0.29, 0.717) is 18.9 Å². The van der Waals surface area contributed by atoms with Crippen LogP contribution in [0.2, 0.25) is 0 Å². The molecule has 1 saturated heterocycles. The Hall–Kier alpha value is -1.10. The summed E-state index contributed by atoms with van der Waals surface area (Å²) < 4.78 is 0. The molecule has 18 heavy (non-hydrogen) atoms. The van der Waals surface area contributed by atoms with Gasteiger partial charge in [0, 0.05) is 31.0 Å². The number of carbonyl (C=O) groups is 2. The first-order chi connectivity index (χ1) is 8.56. The van der Waals surface area contributed by atoms with Gasteiger partial charge in [0.2, 0.25) is 11.8 Å². The van der Waals surface area contributed by atoms with Crippen LogP contribution in [0.25, 0.3) is 0 Å². The van der Waals surface area contributed by atoms with E-state index in [2.05, 4.69) is 17.6 Å². The molecule has 0 bridgehead atoms. The second-order valence-electron chi connectivity index (χ2n) is 5.70. The van der Waals surface area contributed by atoms with Gasteiger partial charge in [-0.2, -0.15) is 0 Å². The Morgan fingerprint density at radius 1 is 1.39 bits per heavy atom. The third-order valence-electron chi connectivity index (χ3n) is 4.24. The van der Waals surface area contributed by atoms with Crippen molar-refractivity contribution in [1.82, 2.24) is 10.6 Å². The lowest BCUT2D eigenvalue weighted by Crippen LogP contribution is -2.50. The average Bonchev–Trinajstić information content (AvgIpc) is 2.35. The van der Waals surface area contributed by atoms with Crippen molar-refractivity contribution in [3.63, 3.8) is 0 Å². The van der Waals surface area contributed by atoms with Gasteiger partial charge in [0.1, 0.15) is 0 Å². The molecule has 2 amide bonds. The molecule has 0 aromatic carbocycles. The fourth-order valence-corrected chi connectivity index (χ4v) is 2.77. The van der Waals surface area contributed by atoms with E-state index in [1.165, 1.54) is 0 Å². The van der Waals surface area contributed by atoms with E-state index in [1.54, 1.807) is 0 Å². The molecular formula is C13H23N3O2. The second kappa shape index (κ2) is 5.69. The first-order valence-corrected chi connectivity index (χ1v) is 6.89. The number of nitrogens with two attached hydrogens (primary N) is 1. The number of rotatable bonds is 2. The van der Waals surface area contributed by atoms with E-state index >= 15 is 0 Å². The molecule has 0 radical (unpaired) electrons. The van der Waals surface area contributed by atoms with Gasteiger partial charge in [-0.15, -0.1) is 0 Å². The standard InChI is InChI=1S/C13H23N3O2/c1-8-2-3-9(6-11(8)14)13(18)16-10-4-5-12(17)15-7-10/h8-11H,2-7,14H2,1H3,(H,15,17)(H,16,18). The number of hydrogen-bond acceptors (Lipinski definition) is 3. The Bertz CT molecular complexity index is 322. The van der Waals surface area contributed by atoms with Crippen LogP contribution in [0.15, 0.2) is 0 Å². The lowest BCUT2D eigenvalue weighted by atomic mass is 9.79. The van der Waals surface area contributed by atoms with Crippen LogP contribution >= 0.6 is 0 Å². The van der Waals surface area contributed by atoms with Gasteiger partial charge in [0.15, 0.2) is 0 Å². The van der Waals surface area contributed by atoms with Gasteiger partial charge < -0.3 is 16.4 Å². The summed E-state index contributed by atoms with van der Waals surface area (Å²) in [6.45, 7) is 2.70. The van der Waals surface area contributed by atoms with Crippen LogP contribution in [0.4, 0.5) is 0 Å². The van der Waals surface area contributed by atoms with Crippen LogP contribution in [0.3, 0.4) is 0 Å². The largest absolute Gasteiger partial charge is 0.354 e. The fourth-order valence-electron chi connectivity index (χ4n) is 2.77. The molecule has 2 fully saturated rings. The van der Waals surface area contributed by atoms with Crippen LogP contribution in [0.1, 0.15) is 39.0 Å². The number of nitrogens with one attached hydrogen (secondary N) is 2. The van der Waals surface area contributed by atoms with E-state index < -0.39 is 0 Å². The van der Waals surface area contributed by atoms with Crippen LogP contribution in [-0.4, -0.2) is 30.4 Å². The van der Waals surface area contributed by atoms with Crippen LogP contribution in [-0.2, 0) is 9.59 Å². The van der Waals surface area contributed by atoms with Crippen molar-refractivity contribution < 1.29 is 9.59 Å². The molecule has 1 saturated carbocycles. The summed E-state index contributed by atoms with van der Waals surface area (Å²) in [5, 5.41) is 5.81. The predicted molar refractivity (Wildman–Crippen MR) is 68.7 cm³/mol. The lowest BCUT2D eigenvalue weighted by Gasteiger charge is -2.32. The van der Waals surface area contributed by atoms with Crippen molar-refractivity contribution in [2.45, 2.75) is 51.1 Å². The Labute approximate surface area is 108 Å². The molecule has 5 heteroatoms. The number of amides is 2. The molecule has 5 nitrogen and oxygen atoms in total. The number of carbonyl (C=O) groups excluding carboxylic acids is 2. The average molecular weight is 253 g/mol. The maximum atomic E-state index is 12.1. The first-order valence-electron chi connectivity index (χ1n) is 6.89. The Morgan fingerprint density at radius 2 is 2.17 bits per heavy atom. The minimum atomic E-state index is 0.0498. The first kappa shape index (κ1) is 13.3. The van der Waals surface area contributed by atoms with Crippen molar-refractivity contribution in [1.29, 1.82) is 0 Å². The van der Waals surface area contributed by atoms with Crippen LogP contribution in [0, 0.1) is 11.8 Å². The molecule has 2 aliphatic rings. The van der Waals surface area contributed by atoms with E-state index in [-0.39, 0.29) is 29.8 Å². The normalized spacial score (nSPS) is 36.9. The van der Waals surface area contributed by atoms with Gasteiger partial charge in [-0.05, 0) is 31.6 Å². The zero-order valence-corrected chi connectivity index (χ0v) is 10.9. The summed E-state index contributed by atoms with van der Waals surface area (Å²) in [6, 6.07) is 0.228. The van der Waals surface area contributed by atoms with Crippen molar-refractivity contribution >= 4 is 11.8 Å². The minimum absolute atomic E-state index is 0.0498. The summed E-state index contributed by atoms with van der Waals surface area (Å²) in [5.74, 6) is 0.754. The van der Waals surface area contributed by atoms with Gasteiger partial charge in [0.25, 0.3) is 0 Å². The molecule has 0 aromatic heterocycles. The van der Waals surface area contributed by atoms with E-state index in [4.69, 9.17) is 5.73 Å². The highest BCUT2D eigenvalue weighted by atomic mass is 16.2. The maximum Gasteiger partial charge on any atom is 0.223 e. The maximum absolute atomic E-state index is 12.1.